The maximum Gasteiger partial charge on any atom is 0.343 e. The van der Waals surface area contributed by atoms with Gasteiger partial charge in [0.25, 0.3) is 0 Å². The van der Waals surface area contributed by atoms with Crippen molar-refractivity contribution < 1.29 is 13.9 Å². The van der Waals surface area contributed by atoms with Crippen LogP contribution < -0.4 is 5.73 Å². The highest BCUT2D eigenvalue weighted by Gasteiger charge is 2.18. The number of carbonyl (C=O) groups excluding carboxylic acids is 1. The van der Waals surface area contributed by atoms with Crippen molar-refractivity contribution in [2.75, 3.05) is 12.3 Å². The summed E-state index contributed by atoms with van der Waals surface area (Å²) in [6.45, 7) is 3.60. The molecule has 1 aromatic carbocycles. The third kappa shape index (κ3) is 2.74. The summed E-state index contributed by atoms with van der Waals surface area (Å²) in [6, 6.07) is 5.72. The van der Waals surface area contributed by atoms with Gasteiger partial charge in [0.1, 0.15) is 17.2 Å². The van der Waals surface area contributed by atoms with Crippen LogP contribution in [0.1, 0.15) is 23.0 Å². The van der Waals surface area contributed by atoms with Crippen molar-refractivity contribution in [1.29, 1.82) is 0 Å². The van der Waals surface area contributed by atoms with Crippen molar-refractivity contribution in [3.63, 3.8) is 0 Å². The van der Waals surface area contributed by atoms with Gasteiger partial charge in [0.15, 0.2) is 5.82 Å². The van der Waals surface area contributed by atoms with Crippen LogP contribution in [0.4, 0.5) is 10.2 Å². The van der Waals surface area contributed by atoms with E-state index in [0.717, 1.165) is 0 Å². The van der Waals surface area contributed by atoms with Gasteiger partial charge in [-0.1, -0.05) is 0 Å². The van der Waals surface area contributed by atoms with Gasteiger partial charge in [-0.3, -0.25) is 0 Å². The van der Waals surface area contributed by atoms with Crippen LogP contribution in [0.25, 0.3) is 11.4 Å². The van der Waals surface area contributed by atoms with Gasteiger partial charge >= 0.3 is 5.97 Å². The van der Waals surface area contributed by atoms with Crippen molar-refractivity contribution >= 4 is 11.8 Å². The SMILES string of the molecule is CCOC(=O)c1c(C)nc(-c2ccc(F)cc2)nc1N. The Kier molecular flexibility index (Phi) is 3.93. The Morgan fingerprint density at radius 2 is 1.95 bits per heavy atom. The zero-order valence-corrected chi connectivity index (χ0v) is 11.2. The Balaban J connectivity index is 2.44. The number of hydrogen-bond donors (Lipinski definition) is 1. The topological polar surface area (TPSA) is 78.1 Å². The zero-order chi connectivity index (χ0) is 14.7. The molecule has 20 heavy (non-hydrogen) atoms. The Morgan fingerprint density at radius 1 is 1.30 bits per heavy atom. The van der Waals surface area contributed by atoms with Gasteiger partial charge in [0.05, 0.1) is 12.3 Å². The highest BCUT2D eigenvalue weighted by molar-refractivity contribution is 5.95. The third-order valence-corrected chi connectivity index (χ3v) is 2.70. The first-order chi connectivity index (χ1) is 9.52. The molecule has 1 heterocycles. The number of aromatic nitrogens is 2. The second-order valence-electron chi connectivity index (χ2n) is 4.12. The Hall–Kier alpha value is -2.50. The molecule has 0 aliphatic rings. The van der Waals surface area contributed by atoms with E-state index in [4.69, 9.17) is 10.5 Å². The number of carbonyl (C=O) groups is 1. The van der Waals surface area contributed by atoms with Crippen LogP contribution in [0.5, 0.6) is 0 Å². The second-order valence-corrected chi connectivity index (χ2v) is 4.12. The van der Waals surface area contributed by atoms with Crippen LogP contribution in [-0.2, 0) is 4.74 Å². The zero-order valence-electron chi connectivity index (χ0n) is 11.2. The van der Waals surface area contributed by atoms with Crippen LogP contribution in [-0.4, -0.2) is 22.5 Å². The highest BCUT2D eigenvalue weighted by Crippen LogP contribution is 2.21. The number of rotatable bonds is 3. The number of nitrogens with zero attached hydrogens (tertiary/aromatic N) is 2. The molecule has 0 saturated carbocycles. The summed E-state index contributed by atoms with van der Waals surface area (Å²) in [4.78, 5) is 20.1. The first kappa shape index (κ1) is 13.9. The van der Waals surface area contributed by atoms with Crippen molar-refractivity contribution in [1.82, 2.24) is 9.97 Å². The van der Waals surface area contributed by atoms with Crippen LogP contribution in [0, 0.1) is 12.7 Å². The van der Waals surface area contributed by atoms with Gasteiger partial charge in [-0.05, 0) is 38.1 Å². The summed E-state index contributed by atoms with van der Waals surface area (Å²) in [6.07, 6.45) is 0. The number of nitrogen functional groups attached to an aromatic ring is 1. The molecule has 0 saturated heterocycles. The third-order valence-electron chi connectivity index (χ3n) is 2.70. The highest BCUT2D eigenvalue weighted by atomic mass is 19.1. The van der Waals surface area contributed by atoms with E-state index >= 15 is 0 Å². The van der Waals surface area contributed by atoms with Crippen molar-refractivity contribution in [2.24, 2.45) is 0 Å². The van der Waals surface area contributed by atoms with E-state index in [1.54, 1.807) is 26.0 Å². The molecule has 2 N–H and O–H groups in total. The number of hydrogen-bond acceptors (Lipinski definition) is 5. The van der Waals surface area contributed by atoms with Gasteiger partial charge in [0.2, 0.25) is 0 Å². The number of esters is 1. The average Bonchev–Trinajstić information content (AvgIpc) is 2.39. The van der Waals surface area contributed by atoms with Gasteiger partial charge < -0.3 is 10.5 Å². The lowest BCUT2D eigenvalue weighted by Gasteiger charge is -2.09. The quantitative estimate of drug-likeness (QED) is 0.870. The molecule has 0 radical (unpaired) electrons. The molecule has 0 aliphatic carbocycles. The molecular formula is C14H14FN3O2. The molecular weight excluding hydrogens is 261 g/mol. The van der Waals surface area contributed by atoms with E-state index in [0.29, 0.717) is 17.1 Å². The summed E-state index contributed by atoms with van der Waals surface area (Å²) in [5.74, 6) is -0.502. The predicted octanol–water partition coefficient (Wildman–Crippen LogP) is 2.35. The molecule has 0 spiro atoms. The number of ether oxygens (including phenoxy) is 1. The molecule has 0 atom stereocenters. The molecule has 0 unspecified atom stereocenters. The maximum atomic E-state index is 12.9. The molecule has 104 valence electrons. The van der Waals surface area contributed by atoms with E-state index in [2.05, 4.69) is 9.97 Å². The molecule has 1 aromatic heterocycles. The van der Waals surface area contributed by atoms with Crippen LogP contribution >= 0.6 is 0 Å². The van der Waals surface area contributed by atoms with E-state index in [9.17, 15) is 9.18 Å². The normalized spacial score (nSPS) is 10.3. The van der Waals surface area contributed by atoms with E-state index < -0.39 is 5.97 Å². The molecule has 6 heteroatoms. The van der Waals surface area contributed by atoms with Crippen molar-refractivity contribution in [2.45, 2.75) is 13.8 Å². The fourth-order valence-corrected chi connectivity index (χ4v) is 1.78. The Morgan fingerprint density at radius 3 is 2.50 bits per heavy atom. The minimum atomic E-state index is -0.548. The molecule has 2 rings (SSSR count). The smallest absolute Gasteiger partial charge is 0.343 e. The molecule has 2 aromatic rings. The monoisotopic (exact) mass is 275 g/mol. The number of nitrogens with two attached hydrogens (primary N) is 1. The number of anilines is 1. The Bertz CT molecular complexity index is 618. The standard InChI is InChI=1S/C14H14FN3O2/c1-3-20-14(19)11-8(2)17-13(18-12(11)16)9-4-6-10(15)7-5-9/h4-7H,3H2,1-2H3,(H2,16,17,18). The van der Waals surface area contributed by atoms with Crippen molar-refractivity contribution in [3.8, 4) is 11.4 Å². The summed E-state index contributed by atoms with van der Waals surface area (Å²) in [5, 5.41) is 0. The largest absolute Gasteiger partial charge is 0.462 e. The lowest BCUT2D eigenvalue weighted by molar-refractivity contribution is 0.0526. The summed E-state index contributed by atoms with van der Waals surface area (Å²) in [7, 11) is 0. The summed E-state index contributed by atoms with van der Waals surface area (Å²) >= 11 is 0. The first-order valence-corrected chi connectivity index (χ1v) is 6.10. The number of benzene rings is 1. The lowest BCUT2D eigenvalue weighted by atomic mass is 10.1. The number of halogens is 1. The van der Waals surface area contributed by atoms with E-state index in [1.807, 2.05) is 0 Å². The van der Waals surface area contributed by atoms with Crippen LogP contribution in [0.3, 0.4) is 0 Å². The summed E-state index contributed by atoms with van der Waals surface area (Å²) in [5.41, 5.74) is 7.01. The van der Waals surface area contributed by atoms with Gasteiger partial charge in [0, 0.05) is 5.56 Å². The van der Waals surface area contributed by atoms with Crippen molar-refractivity contribution in [3.05, 3.63) is 41.3 Å². The number of aryl methyl sites for hydroxylation is 1. The van der Waals surface area contributed by atoms with Crippen LogP contribution in [0.2, 0.25) is 0 Å². The van der Waals surface area contributed by atoms with E-state index in [1.165, 1.54) is 12.1 Å². The Labute approximate surface area is 115 Å². The molecule has 0 amide bonds. The molecule has 0 fully saturated rings. The fourth-order valence-electron chi connectivity index (χ4n) is 1.78. The van der Waals surface area contributed by atoms with E-state index in [-0.39, 0.29) is 23.8 Å². The molecule has 0 bridgehead atoms. The van der Waals surface area contributed by atoms with Gasteiger partial charge in [-0.25, -0.2) is 19.2 Å². The second kappa shape index (κ2) is 5.64. The average molecular weight is 275 g/mol. The first-order valence-electron chi connectivity index (χ1n) is 6.10. The maximum absolute atomic E-state index is 12.9. The molecule has 0 aliphatic heterocycles. The van der Waals surface area contributed by atoms with Gasteiger partial charge in [-0.15, -0.1) is 0 Å². The minimum absolute atomic E-state index is 0.0512. The van der Waals surface area contributed by atoms with Crippen LogP contribution in [0.15, 0.2) is 24.3 Å². The minimum Gasteiger partial charge on any atom is -0.462 e. The lowest BCUT2D eigenvalue weighted by Crippen LogP contribution is -2.13. The predicted molar refractivity (Wildman–Crippen MR) is 72.5 cm³/mol. The molecule has 5 nitrogen and oxygen atoms in total. The fraction of sp³-hybridized carbons (Fsp3) is 0.214. The summed E-state index contributed by atoms with van der Waals surface area (Å²) < 4.78 is 17.8. The van der Waals surface area contributed by atoms with Gasteiger partial charge in [-0.2, -0.15) is 0 Å².